The van der Waals surface area contributed by atoms with Gasteiger partial charge in [-0.1, -0.05) is 60.7 Å². The normalized spacial score (nSPS) is 18.9. The number of anilines is 1. The van der Waals surface area contributed by atoms with E-state index in [1.54, 1.807) is 17.6 Å². The van der Waals surface area contributed by atoms with Crippen molar-refractivity contribution in [1.82, 2.24) is 15.7 Å². The zero-order valence-corrected chi connectivity index (χ0v) is 30.1. The highest BCUT2D eigenvalue weighted by Gasteiger charge is 2.34. The lowest BCUT2D eigenvalue weighted by Crippen LogP contribution is -2.49. The van der Waals surface area contributed by atoms with Crippen molar-refractivity contribution in [1.29, 1.82) is 0 Å². The molecule has 2 aliphatic rings. The number of aliphatic hydroxyl groups excluding tert-OH is 1. The molecular formula is C41H47N5O8. The number of hydroxylamine groups is 1. The van der Waals surface area contributed by atoms with Gasteiger partial charge in [-0.05, 0) is 64.9 Å². The van der Waals surface area contributed by atoms with Gasteiger partial charge in [0.25, 0.3) is 5.69 Å². The number of unbranched alkanes of at least 4 members (excludes halogenated alkanes) is 1. The molecule has 4 aromatic carbocycles. The molecule has 13 heteroatoms. The Hall–Kier alpha value is -5.18. The largest absolute Gasteiger partial charge is 0.392 e. The predicted octanol–water partition coefficient (Wildman–Crippen LogP) is 5.80. The van der Waals surface area contributed by atoms with Crippen molar-refractivity contribution in [3.8, 4) is 11.1 Å². The van der Waals surface area contributed by atoms with Crippen molar-refractivity contribution in [2.75, 3.05) is 37.6 Å². The third-order valence-electron chi connectivity index (χ3n) is 9.97. The summed E-state index contributed by atoms with van der Waals surface area (Å²) in [4.78, 5) is 38.9. The number of carbonyl (C=O) groups is 2. The van der Waals surface area contributed by atoms with Crippen molar-refractivity contribution in [2.24, 2.45) is 0 Å². The van der Waals surface area contributed by atoms with Crippen LogP contribution in [-0.2, 0) is 32.2 Å². The van der Waals surface area contributed by atoms with Gasteiger partial charge in [-0.25, -0.2) is 5.48 Å². The molecule has 4 aromatic rings. The Morgan fingerprint density at radius 2 is 1.48 bits per heavy atom. The molecule has 284 valence electrons. The number of ether oxygens (including phenoxy) is 2. The number of nitro benzene ring substituents is 1. The fraction of sp³-hybridized carbons (Fsp3) is 0.366. The Morgan fingerprint density at radius 3 is 2.17 bits per heavy atom. The number of non-ortho nitro benzene ring substituents is 1. The van der Waals surface area contributed by atoms with Gasteiger partial charge in [-0.3, -0.25) is 29.8 Å². The van der Waals surface area contributed by atoms with E-state index in [4.69, 9.17) is 14.7 Å². The number of piperazine rings is 1. The lowest BCUT2D eigenvalue weighted by atomic mass is 9.98. The van der Waals surface area contributed by atoms with E-state index in [-0.39, 0.29) is 41.8 Å². The molecule has 4 N–H and O–H groups in total. The summed E-state index contributed by atoms with van der Waals surface area (Å²) in [5.41, 5.74) is 8.35. The van der Waals surface area contributed by atoms with Crippen LogP contribution in [0.3, 0.4) is 0 Å². The van der Waals surface area contributed by atoms with Gasteiger partial charge in [0.05, 0.1) is 23.7 Å². The van der Waals surface area contributed by atoms with Crippen LogP contribution in [0.1, 0.15) is 66.8 Å². The number of nitro groups is 1. The van der Waals surface area contributed by atoms with Crippen LogP contribution in [0.25, 0.3) is 11.1 Å². The third-order valence-corrected chi connectivity index (χ3v) is 9.97. The SMILES string of the molecule is O=C(CCCCC(=O)NCc1cccc(-c2cccc([C@H]3O[C@@H](CN4CCN(c5ccc([N+](=O)[O-])cc5)CC4)C[C@@H](c4ccc(CO)cc4)O3)c2)c1)NO. The maximum atomic E-state index is 12.4. The fourth-order valence-electron chi connectivity index (χ4n) is 6.94. The molecule has 0 unspecified atom stereocenters. The number of hydrogen-bond acceptors (Lipinski definition) is 10. The number of carbonyl (C=O) groups excluding carboxylic acids is 2. The van der Waals surface area contributed by atoms with Crippen LogP contribution in [0.4, 0.5) is 11.4 Å². The van der Waals surface area contributed by atoms with E-state index in [9.17, 15) is 24.8 Å². The first-order chi connectivity index (χ1) is 26.3. The van der Waals surface area contributed by atoms with Gasteiger partial charge in [0.2, 0.25) is 11.8 Å². The predicted molar refractivity (Wildman–Crippen MR) is 202 cm³/mol. The summed E-state index contributed by atoms with van der Waals surface area (Å²) in [6.45, 7) is 4.32. The first-order valence-corrected chi connectivity index (χ1v) is 18.4. The second-order valence-corrected chi connectivity index (χ2v) is 13.8. The minimum atomic E-state index is -0.612. The molecule has 0 spiro atoms. The van der Waals surface area contributed by atoms with Gasteiger partial charge in [-0.15, -0.1) is 0 Å². The molecule has 2 saturated heterocycles. The Kier molecular flexibility index (Phi) is 13.4. The van der Waals surface area contributed by atoms with E-state index < -0.39 is 12.2 Å². The molecule has 2 aliphatic heterocycles. The van der Waals surface area contributed by atoms with E-state index in [0.29, 0.717) is 32.2 Å². The van der Waals surface area contributed by atoms with Crippen LogP contribution in [0.5, 0.6) is 0 Å². The maximum absolute atomic E-state index is 12.4. The minimum absolute atomic E-state index is 0.0280. The molecule has 54 heavy (non-hydrogen) atoms. The Morgan fingerprint density at radius 1 is 0.796 bits per heavy atom. The number of rotatable bonds is 15. The Balaban J connectivity index is 1.11. The number of nitrogens with one attached hydrogen (secondary N) is 2. The molecule has 0 bridgehead atoms. The molecule has 0 aromatic heterocycles. The summed E-state index contributed by atoms with van der Waals surface area (Å²) in [6, 6.07) is 30.7. The molecule has 2 fully saturated rings. The van der Waals surface area contributed by atoms with E-state index in [1.165, 1.54) is 0 Å². The van der Waals surface area contributed by atoms with Gasteiger partial charge in [0.1, 0.15) is 0 Å². The number of benzene rings is 4. The standard InChI is InChI=1S/C41H47N5O8/c47-28-29-11-13-31(14-12-29)38-25-37(27-44-19-21-45(22-20-44)35-15-17-36(18-16-35)46(51)52)53-41(54-38)34-8-4-7-33(24-34)32-6-3-5-30(23-32)26-42-39(48)9-1-2-10-40(49)43-50/h3-8,11-18,23-24,37-38,41,47,50H,1-2,9-10,19-22,25-28H2,(H,42,48)(H,43,49)/t37-,38+,41+/m1/s1. The van der Waals surface area contributed by atoms with Crippen molar-refractivity contribution >= 4 is 23.2 Å². The molecule has 0 saturated carbocycles. The highest BCUT2D eigenvalue weighted by atomic mass is 16.7. The second-order valence-electron chi connectivity index (χ2n) is 13.8. The summed E-state index contributed by atoms with van der Waals surface area (Å²) in [7, 11) is 0. The summed E-state index contributed by atoms with van der Waals surface area (Å²) >= 11 is 0. The lowest BCUT2D eigenvalue weighted by Gasteiger charge is -2.41. The van der Waals surface area contributed by atoms with Crippen molar-refractivity contribution in [3.05, 3.63) is 129 Å². The number of hydrogen-bond donors (Lipinski definition) is 4. The number of nitrogens with zero attached hydrogens (tertiary/aromatic N) is 3. The quantitative estimate of drug-likeness (QED) is 0.0507. The number of aliphatic hydroxyl groups is 1. The van der Waals surface area contributed by atoms with E-state index in [0.717, 1.165) is 71.8 Å². The summed E-state index contributed by atoms with van der Waals surface area (Å²) < 4.78 is 13.3. The van der Waals surface area contributed by atoms with Crippen LogP contribution >= 0.6 is 0 Å². The third kappa shape index (κ3) is 10.5. The van der Waals surface area contributed by atoms with Gasteiger partial charge < -0.3 is 24.8 Å². The fourth-order valence-corrected chi connectivity index (χ4v) is 6.94. The average molecular weight is 738 g/mol. The smallest absolute Gasteiger partial charge is 0.269 e. The average Bonchev–Trinajstić information content (AvgIpc) is 3.22. The van der Waals surface area contributed by atoms with Crippen LogP contribution in [-0.4, -0.2) is 70.8 Å². The maximum Gasteiger partial charge on any atom is 0.269 e. The molecular weight excluding hydrogens is 690 g/mol. The van der Waals surface area contributed by atoms with Gasteiger partial charge in [0, 0.05) is 81.9 Å². The van der Waals surface area contributed by atoms with Crippen LogP contribution in [0.2, 0.25) is 0 Å². The molecule has 0 aliphatic carbocycles. The Labute approximate surface area is 314 Å². The first kappa shape index (κ1) is 38.5. The lowest BCUT2D eigenvalue weighted by molar-refractivity contribution is -0.384. The van der Waals surface area contributed by atoms with Gasteiger partial charge in [0.15, 0.2) is 6.29 Å². The van der Waals surface area contributed by atoms with Crippen LogP contribution in [0, 0.1) is 10.1 Å². The Bertz CT molecular complexity index is 1860. The van der Waals surface area contributed by atoms with Crippen molar-refractivity contribution in [3.63, 3.8) is 0 Å². The van der Waals surface area contributed by atoms with E-state index in [1.807, 2.05) is 72.8 Å². The molecule has 13 nitrogen and oxygen atoms in total. The van der Waals surface area contributed by atoms with E-state index >= 15 is 0 Å². The summed E-state index contributed by atoms with van der Waals surface area (Å²) in [6.07, 6.45) is 1.26. The second kappa shape index (κ2) is 18.7. The highest BCUT2D eigenvalue weighted by molar-refractivity contribution is 5.76. The monoisotopic (exact) mass is 737 g/mol. The molecule has 0 radical (unpaired) electrons. The summed E-state index contributed by atoms with van der Waals surface area (Å²) in [5, 5.41) is 32.3. The minimum Gasteiger partial charge on any atom is -0.392 e. The van der Waals surface area contributed by atoms with Crippen molar-refractivity contribution in [2.45, 2.75) is 63.8 Å². The summed E-state index contributed by atoms with van der Waals surface area (Å²) in [5.74, 6) is -0.556. The van der Waals surface area contributed by atoms with Crippen LogP contribution < -0.4 is 15.7 Å². The van der Waals surface area contributed by atoms with Gasteiger partial charge in [-0.2, -0.15) is 0 Å². The first-order valence-electron chi connectivity index (χ1n) is 18.4. The molecule has 6 rings (SSSR count). The van der Waals surface area contributed by atoms with E-state index in [2.05, 4.69) is 27.2 Å². The molecule has 2 amide bonds. The topological polar surface area (TPSA) is 167 Å². The molecule has 3 atom stereocenters. The van der Waals surface area contributed by atoms with Crippen molar-refractivity contribution < 1.29 is 34.3 Å². The van der Waals surface area contributed by atoms with Crippen LogP contribution in [0.15, 0.2) is 97.1 Å². The number of amides is 2. The van der Waals surface area contributed by atoms with Gasteiger partial charge >= 0.3 is 0 Å². The highest BCUT2D eigenvalue weighted by Crippen LogP contribution is 2.39. The zero-order valence-electron chi connectivity index (χ0n) is 30.1. The molecule has 2 heterocycles. The zero-order chi connectivity index (χ0) is 37.9.